The van der Waals surface area contributed by atoms with Gasteiger partial charge in [-0.05, 0) is 32.0 Å². The van der Waals surface area contributed by atoms with E-state index < -0.39 is 29.6 Å². The number of hydrogen-bond donors (Lipinski definition) is 1. The van der Waals surface area contributed by atoms with Crippen molar-refractivity contribution in [3.8, 4) is 0 Å². The van der Waals surface area contributed by atoms with E-state index in [9.17, 15) is 19.2 Å². The van der Waals surface area contributed by atoms with Gasteiger partial charge in [0, 0.05) is 22.9 Å². The first-order valence-corrected chi connectivity index (χ1v) is 8.88. The van der Waals surface area contributed by atoms with Crippen molar-refractivity contribution in [2.75, 3.05) is 13.2 Å². The van der Waals surface area contributed by atoms with Crippen LogP contribution in [0.15, 0.2) is 29.1 Å². The number of benzene rings is 1. The number of ketones is 1. The number of halogens is 1. The Kier molecular flexibility index (Phi) is 6.74. The summed E-state index contributed by atoms with van der Waals surface area (Å²) in [6, 6.07) is 5.79. The summed E-state index contributed by atoms with van der Waals surface area (Å²) < 4.78 is 9.86. The van der Waals surface area contributed by atoms with E-state index in [1.54, 1.807) is 19.9 Å². The molecule has 0 aliphatic rings. The van der Waals surface area contributed by atoms with Gasteiger partial charge in [-0.15, -0.1) is 0 Å². The first-order chi connectivity index (χ1) is 12.8. The van der Waals surface area contributed by atoms with Gasteiger partial charge in [0.15, 0.2) is 11.7 Å². The molecule has 0 aliphatic heterocycles. The average Bonchev–Trinajstić information content (AvgIpc) is 2.62. The van der Waals surface area contributed by atoms with E-state index in [1.165, 1.54) is 25.1 Å². The zero-order valence-electron chi connectivity index (χ0n) is 15.2. The summed E-state index contributed by atoms with van der Waals surface area (Å²) in [4.78, 5) is 51.4. The van der Waals surface area contributed by atoms with Crippen molar-refractivity contribution in [3.63, 3.8) is 0 Å². The number of fused-ring (bicyclic) bond motifs is 1. The predicted octanol–water partition coefficient (Wildman–Crippen LogP) is 2.74. The average molecular weight is 394 g/mol. The predicted molar refractivity (Wildman–Crippen MR) is 99.8 cm³/mol. The van der Waals surface area contributed by atoms with Crippen molar-refractivity contribution in [1.29, 1.82) is 0 Å². The summed E-state index contributed by atoms with van der Waals surface area (Å²) in [5, 5.41) is 0.742. The summed E-state index contributed by atoms with van der Waals surface area (Å²) in [6.07, 6.45) is 0. The van der Waals surface area contributed by atoms with Crippen LogP contribution < -0.4 is 5.56 Å². The van der Waals surface area contributed by atoms with Gasteiger partial charge in [-0.1, -0.05) is 18.5 Å². The second-order valence-electron chi connectivity index (χ2n) is 5.88. The van der Waals surface area contributed by atoms with Gasteiger partial charge in [0.1, 0.15) is 0 Å². The van der Waals surface area contributed by atoms with Gasteiger partial charge in [-0.2, -0.15) is 0 Å². The van der Waals surface area contributed by atoms with Crippen LogP contribution in [-0.2, 0) is 19.1 Å². The number of carbonyl (C=O) groups is 3. The molecule has 0 aliphatic carbocycles. The largest absolute Gasteiger partial charge is 0.465 e. The number of aromatic nitrogens is 1. The third-order valence-corrected chi connectivity index (χ3v) is 4.36. The molecule has 0 spiro atoms. The minimum absolute atomic E-state index is 0.0742. The smallest absolute Gasteiger partial charge is 0.321 e. The van der Waals surface area contributed by atoms with Crippen LogP contribution in [0.4, 0.5) is 0 Å². The molecule has 1 atom stereocenters. The summed E-state index contributed by atoms with van der Waals surface area (Å²) in [6.45, 7) is 4.83. The molecule has 1 heterocycles. The zero-order valence-corrected chi connectivity index (χ0v) is 16.0. The molecule has 7 nitrogen and oxygen atoms in total. The number of carbonyl (C=O) groups excluding carboxylic acids is 3. The van der Waals surface area contributed by atoms with Gasteiger partial charge in [0.05, 0.1) is 23.8 Å². The molecule has 0 saturated carbocycles. The Morgan fingerprint density at radius 1 is 1.07 bits per heavy atom. The molecule has 0 amide bonds. The van der Waals surface area contributed by atoms with Crippen molar-refractivity contribution < 1.29 is 23.9 Å². The first-order valence-electron chi connectivity index (χ1n) is 8.50. The number of esters is 2. The van der Waals surface area contributed by atoms with Crippen molar-refractivity contribution in [3.05, 3.63) is 45.2 Å². The lowest BCUT2D eigenvalue weighted by Gasteiger charge is -2.20. The molecule has 0 radical (unpaired) electrons. The third kappa shape index (κ3) is 4.54. The fraction of sp³-hybridized carbons (Fsp3) is 0.368. The molecular weight excluding hydrogens is 374 g/mol. The summed E-state index contributed by atoms with van der Waals surface area (Å²) in [7, 11) is 0. The van der Waals surface area contributed by atoms with Crippen molar-refractivity contribution in [1.82, 2.24) is 4.98 Å². The van der Waals surface area contributed by atoms with Crippen LogP contribution in [-0.4, -0.2) is 35.9 Å². The van der Waals surface area contributed by atoms with E-state index in [2.05, 4.69) is 4.98 Å². The standard InChI is InChI=1S/C19H20ClNO6/c1-4-26-18(24)15(19(25)27-5-2)10(3)17(23)12-8-11-6-7-14(22)21-16(11)13(20)9-12/h6-10,15H,4-5H2,1-3H3,(H,21,22). The maximum absolute atomic E-state index is 12.9. The van der Waals surface area contributed by atoms with Gasteiger partial charge in [-0.25, -0.2) is 0 Å². The third-order valence-electron chi connectivity index (χ3n) is 4.06. The summed E-state index contributed by atoms with van der Waals surface area (Å²) in [5.41, 5.74) is 0.299. The SMILES string of the molecule is CCOC(=O)C(C(=O)OCC)C(C)C(=O)c1cc(Cl)c2[nH]c(=O)ccc2c1. The second kappa shape index (κ2) is 8.81. The monoisotopic (exact) mass is 393 g/mol. The van der Waals surface area contributed by atoms with Gasteiger partial charge in [0.2, 0.25) is 5.56 Å². The van der Waals surface area contributed by atoms with Gasteiger partial charge in [0.25, 0.3) is 0 Å². The van der Waals surface area contributed by atoms with Crippen LogP contribution in [0, 0.1) is 11.8 Å². The Morgan fingerprint density at radius 2 is 1.67 bits per heavy atom. The summed E-state index contributed by atoms with van der Waals surface area (Å²) >= 11 is 6.18. The van der Waals surface area contributed by atoms with Crippen LogP contribution in [0.1, 0.15) is 31.1 Å². The van der Waals surface area contributed by atoms with Gasteiger partial charge >= 0.3 is 11.9 Å². The Morgan fingerprint density at radius 3 is 2.22 bits per heavy atom. The fourth-order valence-corrected chi connectivity index (χ4v) is 3.02. The lowest BCUT2D eigenvalue weighted by Crippen LogP contribution is -2.37. The second-order valence-corrected chi connectivity index (χ2v) is 6.29. The van der Waals surface area contributed by atoms with Crippen LogP contribution in [0.25, 0.3) is 10.9 Å². The van der Waals surface area contributed by atoms with Crippen LogP contribution in [0.2, 0.25) is 5.02 Å². The number of aromatic amines is 1. The molecule has 1 aromatic carbocycles. The summed E-state index contributed by atoms with van der Waals surface area (Å²) in [5.74, 6) is -4.47. The first kappa shape index (κ1) is 20.6. The minimum Gasteiger partial charge on any atom is -0.465 e. The molecule has 0 bridgehead atoms. The molecule has 1 unspecified atom stereocenters. The molecular formula is C19H20ClNO6. The van der Waals surface area contributed by atoms with Crippen molar-refractivity contribution in [2.24, 2.45) is 11.8 Å². The molecule has 0 saturated heterocycles. The number of rotatable bonds is 7. The highest BCUT2D eigenvalue weighted by atomic mass is 35.5. The van der Waals surface area contributed by atoms with E-state index in [4.69, 9.17) is 21.1 Å². The molecule has 1 N–H and O–H groups in total. The van der Waals surface area contributed by atoms with Crippen molar-refractivity contribution >= 4 is 40.2 Å². The molecule has 8 heteroatoms. The van der Waals surface area contributed by atoms with Crippen LogP contribution in [0.3, 0.4) is 0 Å². The Bertz CT molecular complexity index is 917. The van der Waals surface area contributed by atoms with E-state index in [1.807, 2.05) is 0 Å². The number of H-pyrrole nitrogens is 1. The highest BCUT2D eigenvalue weighted by molar-refractivity contribution is 6.35. The topological polar surface area (TPSA) is 103 Å². The minimum atomic E-state index is -1.37. The highest BCUT2D eigenvalue weighted by Crippen LogP contribution is 2.27. The van der Waals surface area contributed by atoms with E-state index in [0.29, 0.717) is 10.9 Å². The number of pyridine rings is 1. The fourth-order valence-electron chi connectivity index (χ4n) is 2.75. The molecule has 0 fully saturated rings. The lowest BCUT2D eigenvalue weighted by atomic mass is 9.86. The lowest BCUT2D eigenvalue weighted by molar-refractivity contribution is -0.163. The Labute approximate surface area is 160 Å². The van der Waals surface area contributed by atoms with E-state index in [-0.39, 0.29) is 29.4 Å². The highest BCUT2D eigenvalue weighted by Gasteiger charge is 2.39. The number of hydrogen-bond acceptors (Lipinski definition) is 6. The Balaban J connectivity index is 2.42. The molecule has 144 valence electrons. The molecule has 2 rings (SSSR count). The molecule has 1 aromatic heterocycles. The van der Waals surface area contributed by atoms with E-state index in [0.717, 1.165) is 0 Å². The maximum atomic E-state index is 12.9. The normalized spacial score (nSPS) is 12.0. The van der Waals surface area contributed by atoms with Gasteiger partial charge in [-0.3, -0.25) is 19.2 Å². The zero-order chi connectivity index (χ0) is 20.1. The quantitative estimate of drug-likeness (QED) is 0.441. The maximum Gasteiger partial charge on any atom is 0.321 e. The molecule has 2 aromatic rings. The number of ether oxygens (including phenoxy) is 2. The van der Waals surface area contributed by atoms with E-state index >= 15 is 0 Å². The van der Waals surface area contributed by atoms with Crippen molar-refractivity contribution in [2.45, 2.75) is 20.8 Å². The van der Waals surface area contributed by atoms with Crippen LogP contribution >= 0.6 is 11.6 Å². The number of nitrogens with one attached hydrogen (secondary N) is 1. The van der Waals surface area contributed by atoms with Crippen LogP contribution in [0.5, 0.6) is 0 Å². The molecule has 27 heavy (non-hydrogen) atoms. The van der Waals surface area contributed by atoms with Gasteiger partial charge < -0.3 is 14.5 Å². The number of Topliss-reactive ketones (excluding diaryl/α,β-unsaturated/α-hetero) is 1. The Hall–Kier alpha value is -2.67.